The van der Waals surface area contributed by atoms with Crippen molar-refractivity contribution in [1.82, 2.24) is 10.2 Å². The van der Waals surface area contributed by atoms with E-state index in [2.05, 4.69) is 11.2 Å². The van der Waals surface area contributed by atoms with Gasteiger partial charge in [-0.3, -0.25) is 10.1 Å². The Hall–Kier alpha value is -1.99. The molecule has 96 valence electrons. The van der Waals surface area contributed by atoms with E-state index in [0.29, 0.717) is 13.1 Å². The van der Waals surface area contributed by atoms with Crippen LogP contribution in [-0.2, 0) is 11.3 Å². The van der Waals surface area contributed by atoms with Gasteiger partial charge in [0.25, 0.3) is 0 Å². The Kier molecular flexibility index (Phi) is 5.75. The molecular weight excluding hydrogens is 228 g/mol. The summed E-state index contributed by atoms with van der Waals surface area (Å²) >= 11 is 0. The van der Waals surface area contributed by atoms with E-state index in [1.165, 1.54) is 0 Å². The summed E-state index contributed by atoms with van der Waals surface area (Å²) in [6, 6.07) is 7.64. The second-order valence-electron chi connectivity index (χ2n) is 3.91. The van der Waals surface area contributed by atoms with E-state index in [4.69, 9.17) is 11.2 Å². The summed E-state index contributed by atoms with van der Waals surface area (Å²) in [6.45, 7) is 1.24. The number of amides is 1. The van der Waals surface area contributed by atoms with E-state index in [-0.39, 0.29) is 12.5 Å². The standard InChI is InChI=1S/C14H18N2O2/c1-4-9-15-10-14(17)16(2)11-12-5-7-13(18-3)8-6-12/h1,5-8,15H,9-11H2,2-3H3. The summed E-state index contributed by atoms with van der Waals surface area (Å²) in [5.74, 6) is 3.25. The maximum absolute atomic E-state index is 11.7. The van der Waals surface area contributed by atoms with Crippen LogP contribution in [0.2, 0.25) is 0 Å². The fourth-order valence-electron chi connectivity index (χ4n) is 1.47. The Labute approximate surface area is 108 Å². The van der Waals surface area contributed by atoms with Gasteiger partial charge in [0.1, 0.15) is 5.75 Å². The third-order valence-corrected chi connectivity index (χ3v) is 2.51. The first-order valence-electron chi connectivity index (χ1n) is 5.68. The molecule has 4 heteroatoms. The van der Waals surface area contributed by atoms with Crippen molar-refractivity contribution in [3.63, 3.8) is 0 Å². The van der Waals surface area contributed by atoms with E-state index < -0.39 is 0 Å². The number of ether oxygens (including phenoxy) is 1. The number of nitrogens with zero attached hydrogens (tertiary/aromatic N) is 1. The van der Waals surface area contributed by atoms with Crippen LogP contribution in [0.3, 0.4) is 0 Å². The van der Waals surface area contributed by atoms with Crippen molar-refractivity contribution in [2.75, 3.05) is 27.2 Å². The lowest BCUT2D eigenvalue weighted by Gasteiger charge is -2.17. The largest absolute Gasteiger partial charge is 0.497 e. The number of benzene rings is 1. The summed E-state index contributed by atoms with van der Waals surface area (Å²) in [5.41, 5.74) is 1.06. The Bertz CT molecular complexity index is 420. The Balaban J connectivity index is 2.45. The lowest BCUT2D eigenvalue weighted by Crippen LogP contribution is -2.35. The highest BCUT2D eigenvalue weighted by atomic mass is 16.5. The molecule has 0 aliphatic carbocycles. The summed E-state index contributed by atoms with van der Waals surface area (Å²) < 4.78 is 5.08. The van der Waals surface area contributed by atoms with Crippen LogP contribution in [0.1, 0.15) is 5.56 Å². The normalized spacial score (nSPS) is 9.61. The van der Waals surface area contributed by atoms with Crippen molar-refractivity contribution in [2.24, 2.45) is 0 Å². The van der Waals surface area contributed by atoms with Gasteiger partial charge in [0, 0.05) is 13.6 Å². The highest BCUT2D eigenvalue weighted by Gasteiger charge is 2.08. The van der Waals surface area contributed by atoms with E-state index >= 15 is 0 Å². The molecule has 0 bridgehead atoms. The van der Waals surface area contributed by atoms with E-state index in [1.54, 1.807) is 19.1 Å². The molecule has 18 heavy (non-hydrogen) atoms. The molecule has 0 aliphatic rings. The van der Waals surface area contributed by atoms with Crippen molar-refractivity contribution in [3.05, 3.63) is 29.8 Å². The average Bonchev–Trinajstić information content (AvgIpc) is 2.39. The van der Waals surface area contributed by atoms with Crippen molar-refractivity contribution < 1.29 is 9.53 Å². The fraction of sp³-hybridized carbons (Fsp3) is 0.357. The number of hydrogen-bond acceptors (Lipinski definition) is 3. The van der Waals surface area contributed by atoms with Crippen LogP contribution in [-0.4, -0.2) is 38.1 Å². The molecule has 0 atom stereocenters. The van der Waals surface area contributed by atoms with Crippen molar-refractivity contribution >= 4 is 5.91 Å². The molecule has 1 rings (SSSR count). The Morgan fingerprint density at radius 2 is 2.11 bits per heavy atom. The average molecular weight is 246 g/mol. The van der Waals surface area contributed by atoms with Gasteiger partial charge in [-0.25, -0.2) is 0 Å². The summed E-state index contributed by atoms with van der Waals surface area (Å²) in [7, 11) is 3.39. The predicted molar refractivity (Wildman–Crippen MR) is 71.2 cm³/mol. The maximum atomic E-state index is 11.7. The number of likely N-dealkylation sites (N-methyl/N-ethyl adjacent to an activating group) is 1. The van der Waals surface area contributed by atoms with Crippen LogP contribution in [0.5, 0.6) is 5.75 Å². The highest BCUT2D eigenvalue weighted by Crippen LogP contribution is 2.12. The lowest BCUT2D eigenvalue weighted by molar-refractivity contribution is -0.129. The van der Waals surface area contributed by atoms with Crippen LogP contribution in [0.15, 0.2) is 24.3 Å². The van der Waals surface area contributed by atoms with Crippen molar-refractivity contribution in [3.8, 4) is 18.1 Å². The number of terminal acetylenes is 1. The molecule has 1 aromatic carbocycles. The molecule has 0 fully saturated rings. The third kappa shape index (κ3) is 4.48. The monoisotopic (exact) mass is 246 g/mol. The van der Waals surface area contributed by atoms with Crippen LogP contribution >= 0.6 is 0 Å². The number of carbonyl (C=O) groups is 1. The molecule has 0 heterocycles. The lowest BCUT2D eigenvalue weighted by atomic mass is 10.2. The molecular formula is C14H18N2O2. The molecule has 0 aliphatic heterocycles. The van der Waals surface area contributed by atoms with Crippen LogP contribution in [0.4, 0.5) is 0 Å². The Morgan fingerprint density at radius 3 is 2.67 bits per heavy atom. The molecule has 0 spiro atoms. The van der Waals surface area contributed by atoms with Gasteiger partial charge in [0.05, 0.1) is 20.2 Å². The molecule has 0 saturated heterocycles. The second kappa shape index (κ2) is 7.36. The van der Waals surface area contributed by atoms with Gasteiger partial charge in [-0.2, -0.15) is 0 Å². The topological polar surface area (TPSA) is 41.6 Å². The zero-order chi connectivity index (χ0) is 13.4. The number of hydrogen-bond donors (Lipinski definition) is 1. The van der Waals surface area contributed by atoms with E-state index in [9.17, 15) is 4.79 Å². The van der Waals surface area contributed by atoms with Gasteiger partial charge in [-0.1, -0.05) is 18.1 Å². The number of rotatable bonds is 6. The second-order valence-corrected chi connectivity index (χ2v) is 3.91. The fourth-order valence-corrected chi connectivity index (χ4v) is 1.47. The number of nitrogens with one attached hydrogen (secondary N) is 1. The molecule has 4 nitrogen and oxygen atoms in total. The first kappa shape index (κ1) is 14.1. The molecule has 1 aromatic rings. The minimum Gasteiger partial charge on any atom is -0.497 e. The maximum Gasteiger partial charge on any atom is 0.236 e. The summed E-state index contributed by atoms with van der Waals surface area (Å²) in [4.78, 5) is 13.4. The third-order valence-electron chi connectivity index (χ3n) is 2.51. The first-order chi connectivity index (χ1) is 8.67. The molecule has 1 N–H and O–H groups in total. The minimum absolute atomic E-state index is 0.0149. The number of carbonyl (C=O) groups excluding carboxylic acids is 1. The van der Waals surface area contributed by atoms with Gasteiger partial charge in [-0.15, -0.1) is 6.42 Å². The van der Waals surface area contributed by atoms with E-state index in [0.717, 1.165) is 11.3 Å². The van der Waals surface area contributed by atoms with Gasteiger partial charge in [-0.05, 0) is 17.7 Å². The quantitative estimate of drug-likeness (QED) is 0.598. The molecule has 0 unspecified atom stereocenters. The zero-order valence-corrected chi connectivity index (χ0v) is 10.8. The number of methoxy groups -OCH3 is 1. The predicted octanol–water partition coefficient (Wildman–Crippen LogP) is 0.876. The minimum atomic E-state index is 0.0149. The van der Waals surface area contributed by atoms with E-state index in [1.807, 2.05) is 24.3 Å². The Morgan fingerprint density at radius 1 is 1.44 bits per heavy atom. The molecule has 0 saturated carbocycles. The zero-order valence-electron chi connectivity index (χ0n) is 10.8. The molecule has 1 amide bonds. The summed E-state index contributed by atoms with van der Waals surface area (Å²) in [5, 5.41) is 2.87. The SMILES string of the molecule is C#CCNCC(=O)N(C)Cc1ccc(OC)cc1. The van der Waals surface area contributed by atoms with Crippen LogP contribution in [0, 0.1) is 12.3 Å². The van der Waals surface area contributed by atoms with Crippen molar-refractivity contribution in [1.29, 1.82) is 0 Å². The van der Waals surface area contributed by atoms with Gasteiger partial charge >= 0.3 is 0 Å². The van der Waals surface area contributed by atoms with Gasteiger partial charge < -0.3 is 9.64 Å². The van der Waals surface area contributed by atoms with Crippen LogP contribution in [0.25, 0.3) is 0 Å². The highest BCUT2D eigenvalue weighted by molar-refractivity contribution is 5.78. The summed E-state index contributed by atoms with van der Waals surface area (Å²) in [6.07, 6.45) is 5.09. The molecule has 0 aromatic heterocycles. The molecule has 0 radical (unpaired) electrons. The van der Waals surface area contributed by atoms with Crippen molar-refractivity contribution in [2.45, 2.75) is 6.54 Å². The van der Waals surface area contributed by atoms with Gasteiger partial charge in [0.15, 0.2) is 0 Å². The first-order valence-corrected chi connectivity index (χ1v) is 5.68. The van der Waals surface area contributed by atoms with Crippen LogP contribution < -0.4 is 10.1 Å². The van der Waals surface area contributed by atoms with Gasteiger partial charge in [0.2, 0.25) is 5.91 Å². The smallest absolute Gasteiger partial charge is 0.236 e.